The van der Waals surface area contributed by atoms with Crippen LogP contribution < -0.4 is 11.1 Å². The van der Waals surface area contributed by atoms with Crippen molar-refractivity contribution >= 4 is 29.5 Å². The predicted molar refractivity (Wildman–Crippen MR) is 119 cm³/mol. The number of benzene rings is 1. The molecule has 1 saturated heterocycles. The molecule has 1 aromatic heterocycles. The third-order valence-electron chi connectivity index (χ3n) is 5.36. The quantitative estimate of drug-likeness (QED) is 0.434. The summed E-state index contributed by atoms with van der Waals surface area (Å²) in [4.78, 5) is 50.5. The molecule has 13 heteroatoms. The number of esters is 1. The Balaban J connectivity index is 1.52. The number of carbonyl (C=O) groups excluding carboxylic acids is 3. The van der Waals surface area contributed by atoms with Crippen molar-refractivity contribution in [2.75, 3.05) is 5.75 Å². The highest BCUT2D eigenvalue weighted by atomic mass is 32.2. The van der Waals surface area contributed by atoms with Gasteiger partial charge < -0.3 is 18.9 Å². The second kappa shape index (κ2) is 10.1. The van der Waals surface area contributed by atoms with E-state index >= 15 is 0 Å². The number of nitrogens with zero attached hydrogens (tertiary/aromatic N) is 1. The van der Waals surface area contributed by atoms with Crippen LogP contribution in [0.25, 0.3) is 0 Å². The van der Waals surface area contributed by atoms with Crippen molar-refractivity contribution in [3.05, 3.63) is 81.5 Å². The van der Waals surface area contributed by atoms with Crippen LogP contribution in [0.15, 0.2) is 67.4 Å². The summed E-state index contributed by atoms with van der Waals surface area (Å²) in [7, 11) is 0. The number of halogens is 3. The van der Waals surface area contributed by atoms with Gasteiger partial charge in [-0.1, -0.05) is 36.4 Å². The first-order valence-corrected chi connectivity index (χ1v) is 11.6. The van der Waals surface area contributed by atoms with Crippen molar-refractivity contribution in [1.29, 1.82) is 0 Å². The molecule has 3 heterocycles. The number of allylic oxidation sites excluding steroid dienone is 2. The first-order valence-electron chi connectivity index (χ1n) is 10.6. The molecule has 2 aliphatic rings. The predicted octanol–water partition coefficient (Wildman–Crippen LogP) is 2.60. The number of thioether (sulfide) groups is 1. The minimum absolute atomic E-state index is 0.0293. The molecule has 0 bridgehead atoms. The van der Waals surface area contributed by atoms with Gasteiger partial charge in [0.15, 0.2) is 18.1 Å². The van der Waals surface area contributed by atoms with E-state index in [9.17, 15) is 32.3 Å². The summed E-state index contributed by atoms with van der Waals surface area (Å²) in [6.07, 6.45) is -3.95. The Hall–Kier alpha value is -3.74. The average molecular weight is 524 g/mol. The lowest BCUT2D eigenvalue weighted by atomic mass is 10.0. The fraction of sp³-hybridized carbons (Fsp3) is 0.304. The number of ether oxygens (including phenoxy) is 1. The van der Waals surface area contributed by atoms with E-state index in [1.807, 2.05) is 0 Å². The zero-order valence-electron chi connectivity index (χ0n) is 18.7. The van der Waals surface area contributed by atoms with Gasteiger partial charge in [0.25, 0.3) is 5.91 Å². The molecule has 1 unspecified atom stereocenters. The number of fused-ring (bicyclic) bond motifs is 1. The molecule has 2 aromatic rings. The molecule has 4 rings (SSSR count). The van der Waals surface area contributed by atoms with Crippen LogP contribution in [0.2, 0.25) is 0 Å². The first kappa shape index (κ1) is 25.4. The molecule has 190 valence electrons. The number of nitrogens with one attached hydrogen (secondary N) is 1. The Kier molecular flexibility index (Phi) is 7.11. The SMILES string of the molecule is Cc1oc(=O)oc1COC(=O)C1=C(C=CC(F)(F)F)CS[C@@H]2C(NC(=O)Cc3ccccc3)C(=O)N12. The number of alkyl halides is 3. The highest BCUT2D eigenvalue weighted by Crippen LogP contribution is 2.41. The Labute approximate surface area is 205 Å². The molecule has 2 aliphatic heterocycles. The van der Waals surface area contributed by atoms with Crippen LogP contribution in [0.3, 0.4) is 0 Å². The number of hydrogen-bond donors (Lipinski definition) is 1. The lowest BCUT2D eigenvalue weighted by Gasteiger charge is -2.49. The van der Waals surface area contributed by atoms with Crippen LogP contribution in [0.5, 0.6) is 0 Å². The van der Waals surface area contributed by atoms with Crippen LogP contribution in [0.4, 0.5) is 13.2 Å². The summed E-state index contributed by atoms with van der Waals surface area (Å²) in [6, 6.07) is 7.88. The molecule has 1 aromatic carbocycles. The van der Waals surface area contributed by atoms with Gasteiger partial charge >= 0.3 is 18.0 Å². The van der Waals surface area contributed by atoms with Gasteiger partial charge in [0, 0.05) is 11.8 Å². The van der Waals surface area contributed by atoms with Crippen LogP contribution in [0, 0.1) is 6.92 Å². The standard InChI is InChI=1S/C23H19F3N2O7S/c1-12-15(35-22(32)34-12)10-33-21(31)18-14(7-8-23(24,25)26)11-36-20-17(19(30)28(18)20)27-16(29)9-13-5-3-2-4-6-13/h2-8,17,20H,9-11H2,1H3,(H,27,29)/t17?,20-/m1/s1. The molecule has 2 amide bonds. The fourth-order valence-electron chi connectivity index (χ4n) is 3.67. The first-order chi connectivity index (χ1) is 17.0. The lowest BCUT2D eigenvalue weighted by molar-refractivity contribution is -0.153. The van der Waals surface area contributed by atoms with Gasteiger partial charge in [-0.3, -0.25) is 14.5 Å². The number of amides is 2. The van der Waals surface area contributed by atoms with Crippen molar-refractivity contribution in [3.8, 4) is 0 Å². The minimum atomic E-state index is -4.65. The molecular weight excluding hydrogens is 505 g/mol. The number of carbonyl (C=O) groups is 3. The second-order valence-electron chi connectivity index (χ2n) is 7.88. The number of β-lactam (4-membered cyclic amide) rings is 1. The van der Waals surface area contributed by atoms with Gasteiger partial charge in [0.2, 0.25) is 5.91 Å². The zero-order chi connectivity index (χ0) is 26.0. The highest BCUT2D eigenvalue weighted by Gasteiger charge is 2.54. The molecule has 36 heavy (non-hydrogen) atoms. The average Bonchev–Trinajstić information content (AvgIpc) is 3.15. The highest BCUT2D eigenvalue weighted by molar-refractivity contribution is 8.00. The maximum Gasteiger partial charge on any atom is 0.519 e. The third kappa shape index (κ3) is 5.56. The Morgan fingerprint density at radius 1 is 1.22 bits per heavy atom. The summed E-state index contributed by atoms with van der Waals surface area (Å²) in [5, 5.41) is 1.91. The molecule has 2 atom stereocenters. The number of hydrogen-bond acceptors (Lipinski definition) is 8. The largest absolute Gasteiger partial charge is 0.519 e. The second-order valence-corrected chi connectivity index (χ2v) is 8.98. The third-order valence-corrected chi connectivity index (χ3v) is 6.66. The Morgan fingerprint density at radius 2 is 1.94 bits per heavy atom. The van der Waals surface area contributed by atoms with Crippen molar-refractivity contribution in [1.82, 2.24) is 10.2 Å². The smallest absolute Gasteiger partial charge is 0.453 e. The van der Waals surface area contributed by atoms with E-state index in [1.54, 1.807) is 30.3 Å². The lowest BCUT2D eigenvalue weighted by Crippen LogP contribution is -2.70. The van der Waals surface area contributed by atoms with Crippen LogP contribution in [-0.2, 0) is 32.1 Å². The fourth-order valence-corrected chi connectivity index (χ4v) is 4.99. The van der Waals surface area contributed by atoms with Crippen LogP contribution in [0.1, 0.15) is 17.1 Å². The van der Waals surface area contributed by atoms with Gasteiger partial charge in [0.05, 0.1) is 6.42 Å². The van der Waals surface area contributed by atoms with Crippen molar-refractivity contribution in [3.63, 3.8) is 0 Å². The van der Waals surface area contributed by atoms with Crippen molar-refractivity contribution in [2.45, 2.75) is 37.5 Å². The summed E-state index contributed by atoms with van der Waals surface area (Å²) in [6.45, 7) is 0.868. The summed E-state index contributed by atoms with van der Waals surface area (Å²) in [5.41, 5.74) is 0.285. The molecule has 1 N–H and O–H groups in total. The molecule has 1 fully saturated rings. The van der Waals surface area contributed by atoms with Crippen molar-refractivity contribution < 1.29 is 41.1 Å². The van der Waals surface area contributed by atoms with Crippen LogP contribution in [-0.4, -0.2) is 46.0 Å². The monoisotopic (exact) mass is 524 g/mol. The normalized spacial score (nSPS) is 19.8. The van der Waals surface area contributed by atoms with E-state index in [1.165, 1.54) is 6.92 Å². The maximum atomic E-state index is 12.9. The van der Waals surface area contributed by atoms with Crippen molar-refractivity contribution in [2.24, 2.45) is 0 Å². The summed E-state index contributed by atoms with van der Waals surface area (Å²) in [5.74, 6) is -3.23. The van der Waals surface area contributed by atoms with Gasteiger partial charge in [-0.25, -0.2) is 9.59 Å². The van der Waals surface area contributed by atoms with E-state index in [-0.39, 0.29) is 41.0 Å². The molecule has 0 radical (unpaired) electrons. The molecule has 0 aliphatic carbocycles. The number of rotatable bonds is 7. The molecule has 9 nitrogen and oxygen atoms in total. The Morgan fingerprint density at radius 3 is 2.58 bits per heavy atom. The summed E-state index contributed by atoms with van der Waals surface area (Å²) < 4.78 is 52.9. The van der Waals surface area contributed by atoms with Gasteiger partial charge in [-0.2, -0.15) is 13.2 Å². The Bertz CT molecular complexity index is 1300. The van der Waals surface area contributed by atoms with Gasteiger partial charge in [0.1, 0.15) is 17.1 Å². The minimum Gasteiger partial charge on any atom is -0.453 e. The van der Waals surface area contributed by atoms with Gasteiger partial charge in [-0.15, -0.1) is 11.8 Å². The van der Waals surface area contributed by atoms with E-state index in [0.29, 0.717) is 6.08 Å². The van der Waals surface area contributed by atoms with E-state index in [2.05, 4.69) is 9.73 Å². The molecular formula is C23H19F3N2O7S. The van der Waals surface area contributed by atoms with E-state index in [0.717, 1.165) is 22.2 Å². The van der Waals surface area contributed by atoms with Crippen LogP contribution >= 0.6 is 11.8 Å². The molecule has 0 spiro atoms. The topological polar surface area (TPSA) is 119 Å². The summed E-state index contributed by atoms with van der Waals surface area (Å²) >= 11 is 1.10. The van der Waals surface area contributed by atoms with Gasteiger partial charge in [-0.05, 0) is 18.1 Å². The van der Waals surface area contributed by atoms with E-state index < -0.39 is 47.8 Å². The number of aryl methyl sites for hydroxylation is 1. The molecule has 0 saturated carbocycles. The zero-order valence-corrected chi connectivity index (χ0v) is 19.5. The van der Waals surface area contributed by atoms with E-state index in [4.69, 9.17) is 9.15 Å². The maximum absolute atomic E-state index is 12.9.